The summed E-state index contributed by atoms with van der Waals surface area (Å²) in [6, 6.07) is 18.3. The zero-order chi connectivity index (χ0) is 15.3. The second-order valence-corrected chi connectivity index (χ2v) is 4.82. The molecule has 0 radical (unpaired) electrons. The molecule has 0 fully saturated rings. The number of benzene rings is 2. The van der Waals surface area contributed by atoms with Crippen LogP contribution in [0.5, 0.6) is 0 Å². The van der Waals surface area contributed by atoms with Crippen LogP contribution in [-0.4, -0.2) is 5.10 Å². The number of fused-ring (bicyclic) bond motifs is 1. The molecule has 0 unspecified atom stereocenters. The maximum Gasteiger partial charge on any atom is 0.238 e. The number of para-hydroxylation sites is 1. The van der Waals surface area contributed by atoms with Gasteiger partial charge in [-0.15, -0.1) is 10.2 Å². The van der Waals surface area contributed by atoms with Crippen LogP contribution in [-0.2, 0) is 0 Å². The van der Waals surface area contributed by atoms with Crippen molar-refractivity contribution >= 4 is 10.8 Å². The lowest BCUT2D eigenvalue weighted by Crippen LogP contribution is -2.68. The summed E-state index contributed by atoms with van der Waals surface area (Å²) < 4.78 is 35.9. The highest BCUT2D eigenvalue weighted by Gasteiger charge is 2.07. The van der Waals surface area contributed by atoms with E-state index in [9.17, 15) is 0 Å². The lowest BCUT2D eigenvalue weighted by Gasteiger charge is -2.17. The topological polar surface area (TPSA) is 109 Å². The van der Waals surface area contributed by atoms with Crippen LogP contribution in [0.25, 0.3) is 16.5 Å². The Morgan fingerprint density at radius 2 is 1.29 bits per heavy atom. The SMILES string of the molecule is [O-][Cl+3]([O-])([O-])[O-].c1ccc(-[n+]2cc3ccccc3cn2)cc1. The van der Waals surface area contributed by atoms with Crippen LogP contribution in [0, 0.1) is 10.2 Å². The molecule has 0 aliphatic heterocycles. The van der Waals surface area contributed by atoms with Crippen LogP contribution in [0.15, 0.2) is 67.0 Å². The third-order valence-corrected chi connectivity index (χ3v) is 2.60. The molecule has 0 spiro atoms. The summed E-state index contributed by atoms with van der Waals surface area (Å²) in [5.41, 5.74) is 1.08. The monoisotopic (exact) mass is 306 g/mol. The van der Waals surface area contributed by atoms with Crippen LogP contribution in [0.4, 0.5) is 0 Å². The van der Waals surface area contributed by atoms with Crippen LogP contribution < -0.4 is 23.3 Å². The number of halogens is 1. The Hall–Kier alpha value is -2.09. The summed E-state index contributed by atoms with van der Waals surface area (Å²) in [5.74, 6) is 0. The highest BCUT2D eigenvalue weighted by Crippen LogP contribution is 2.09. The molecular weight excluding hydrogens is 296 g/mol. The van der Waals surface area contributed by atoms with Crippen molar-refractivity contribution in [3.63, 3.8) is 0 Å². The number of hydrogen-bond acceptors (Lipinski definition) is 5. The van der Waals surface area contributed by atoms with Crippen molar-refractivity contribution < 1.29 is 33.6 Å². The Bertz CT molecular complexity index is 711. The van der Waals surface area contributed by atoms with Crippen LogP contribution in [0.1, 0.15) is 0 Å². The second-order valence-electron chi connectivity index (χ2n) is 4.06. The molecule has 7 heteroatoms. The van der Waals surface area contributed by atoms with E-state index in [1.807, 2.05) is 59.5 Å². The molecule has 2 aromatic carbocycles. The van der Waals surface area contributed by atoms with Crippen LogP contribution in [0.2, 0.25) is 0 Å². The van der Waals surface area contributed by atoms with E-state index in [4.69, 9.17) is 18.6 Å². The summed E-state index contributed by atoms with van der Waals surface area (Å²) in [5, 5.41) is 6.75. The Morgan fingerprint density at radius 1 is 0.762 bits per heavy atom. The minimum absolute atomic E-state index is 1.08. The Kier molecular flexibility index (Phi) is 4.79. The Morgan fingerprint density at radius 3 is 1.90 bits per heavy atom. The van der Waals surface area contributed by atoms with Gasteiger partial charge in [0, 0.05) is 17.5 Å². The molecule has 1 heterocycles. The molecule has 0 aliphatic rings. The maximum absolute atomic E-state index is 8.49. The summed E-state index contributed by atoms with van der Waals surface area (Å²) >= 11 is 0. The van der Waals surface area contributed by atoms with Crippen LogP contribution in [0.3, 0.4) is 0 Å². The molecule has 0 amide bonds. The third kappa shape index (κ3) is 5.07. The largest absolute Gasteiger partial charge is 0.238 e. The number of nitrogens with zero attached hydrogens (tertiary/aromatic N) is 2. The molecule has 0 aliphatic carbocycles. The van der Waals surface area contributed by atoms with Crippen molar-refractivity contribution in [2.24, 2.45) is 0 Å². The van der Waals surface area contributed by atoms with E-state index in [1.165, 1.54) is 5.39 Å². The van der Waals surface area contributed by atoms with Gasteiger partial charge in [-0.1, -0.05) is 41.1 Å². The van der Waals surface area contributed by atoms with Gasteiger partial charge in [-0.05, 0) is 11.2 Å². The third-order valence-electron chi connectivity index (χ3n) is 2.60. The van der Waals surface area contributed by atoms with E-state index in [1.54, 1.807) is 0 Å². The zero-order valence-electron chi connectivity index (χ0n) is 10.8. The lowest BCUT2D eigenvalue weighted by atomic mass is 10.2. The van der Waals surface area contributed by atoms with Crippen molar-refractivity contribution in [2.75, 3.05) is 0 Å². The number of aromatic nitrogens is 2. The van der Waals surface area contributed by atoms with Gasteiger partial charge in [0.25, 0.3) is 0 Å². The first-order valence-corrected chi connectivity index (χ1v) is 7.11. The Balaban J connectivity index is 0.000000282. The van der Waals surface area contributed by atoms with Gasteiger partial charge in [-0.3, -0.25) is 0 Å². The van der Waals surface area contributed by atoms with E-state index >= 15 is 0 Å². The molecule has 0 saturated carbocycles. The molecule has 3 rings (SSSR count). The zero-order valence-corrected chi connectivity index (χ0v) is 11.5. The molecule has 21 heavy (non-hydrogen) atoms. The lowest BCUT2D eigenvalue weighted by molar-refractivity contribution is -2.00. The minimum Gasteiger partial charge on any atom is -0.222 e. The van der Waals surface area contributed by atoms with Crippen molar-refractivity contribution in [1.29, 1.82) is 0 Å². The summed E-state index contributed by atoms with van der Waals surface area (Å²) in [4.78, 5) is 0. The molecule has 0 saturated heterocycles. The first-order chi connectivity index (χ1) is 9.93. The van der Waals surface area contributed by atoms with E-state index < -0.39 is 10.2 Å². The van der Waals surface area contributed by atoms with Gasteiger partial charge in [0.2, 0.25) is 11.9 Å². The molecule has 1 aromatic heterocycles. The maximum atomic E-state index is 8.49. The van der Waals surface area contributed by atoms with Gasteiger partial charge in [0.1, 0.15) is 6.20 Å². The van der Waals surface area contributed by atoms with E-state index in [0.717, 1.165) is 11.1 Å². The van der Waals surface area contributed by atoms with Crippen LogP contribution >= 0.6 is 0 Å². The molecule has 0 bridgehead atoms. The van der Waals surface area contributed by atoms with E-state index in [0.29, 0.717) is 0 Å². The van der Waals surface area contributed by atoms with Gasteiger partial charge >= 0.3 is 0 Å². The second kappa shape index (κ2) is 6.57. The van der Waals surface area contributed by atoms with Gasteiger partial charge in [-0.25, -0.2) is 18.6 Å². The average Bonchev–Trinajstić information content (AvgIpc) is 2.46. The van der Waals surface area contributed by atoms with Gasteiger partial charge in [0.05, 0.1) is 5.39 Å². The first kappa shape index (κ1) is 15.3. The predicted octanol–water partition coefficient (Wildman–Crippen LogP) is -2.24. The van der Waals surface area contributed by atoms with Gasteiger partial charge < -0.3 is 0 Å². The molecule has 6 nitrogen and oxygen atoms in total. The number of rotatable bonds is 1. The quantitative estimate of drug-likeness (QED) is 0.472. The molecule has 108 valence electrons. The highest BCUT2D eigenvalue weighted by atomic mass is 35.7. The summed E-state index contributed by atoms with van der Waals surface area (Å²) in [7, 11) is -4.94. The standard InChI is InChI=1S/C14H11N2.ClHO4/c1-2-8-14(9-3-1)16-11-13-7-5-4-6-12(13)10-15-16;2-1(3,4)5/h1-11H;(H,2,3,4,5)/q+1;/p-1. The fourth-order valence-electron chi connectivity index (χ4n) is 1.76. The highest BCUT2D eigenvalue weighted by molar-refractivity contribution is 5.79. The minimum atomic E-state index is -4.94. The molecule has 3 aromatic rings. The van der Waals surface area contributed by atoms with Crippen molar-refractivity contribution in [1.82, 2.24) is 5.10 Å². The summed E-state index contributed by atoms with van der Waals surface area (Å²) in [6.07, 6.45) is 3.94. The number of hydrogen-bond donors (Lipinski definition) is 0. The molecular formula is C14H11ClN2O4. The predicted molar refractivity (Wildman–Crippen MR) is 63.3 cm³/mol. The normalized spacial score (nSPS) is 10.9. The van der Waals surface area contributed by atoms with Gasteiger partial charge in [0.15, 0.2) is 0 Å². The van der Waals surface area contributed by atoms with Gasteiger partial charge in [-0.2, -0.15) is 0 Å². The molecule has 0 atom stereocenters. The van der Waals surface area contributed by atoms with E-state index in [2.05, 4.69) is 17.2 Å². The van der Waals surface area contributed by atoms with Crippen molar-refractivity contribution in [2.45, 2.75) is 0 Å². The fourth-order valence-corrected chi connectivity index (χ4v) is 1.76. The first-order valence-electron chi connectivity index (χ1n) is 5.87. The van der Waals surface area contributed by atoms with Crippen molar-refractivity contribution in [3.05, 3.63) is 67.0 Å². The smallest absolute Gasteiger partial charge is 0.222 e. The van der Waals surface area contributed by atoms with Crippen molar-refractivity contribution in [3.8, 4) is 5.69 Å². The fraction of sp³-hybridized carbons (Fsp3) is 0. The Labute approximate surface area is 122 Å². The summed E-state index contributed by atoms with van der Waals surface area (Å²) in [6.45, 7) is 0. The van der Waals surface area contributed by atoms with E-state index in [-0.39, 0.29) is 0 Å². The average molecular weight is 307 g/mol. The molecule has 0 N–H and O–H groups in total.